The predicted molar refractivity (Wildman–Crippen MR) is 129 cm³/mol. The van der Waals surface area contributed by atoms with Gasteiger partial charge in [-0.3, -0.25) is 9.69 Å². The molecule has 0 aromatic heterocycles. The Balaban J connectivity index is 0.000000371. The van der Waals surface area contributed by atoms with Crippen LogP contribution in [0.1, 0.15) is 18.1 Å². The highest BCUT2D eigenvalue weighted by atomic mass is 16.5. The summed E-state index contributed by atoms with van der Waals surface area (Å²) in [5, 5.41) is 15.6. The van der Waals surface area contributed by atoms with E-state index in [0.717, 1.165) is 49.7 Å². The average molecular weight is 483 g/mol. The van der Waals surface area contributed by atoms with E-state index >= 15 is 0 Å². The van der Waals surface area contributed by atoms with Crippen LogP contribution in [0.4, 0.5) is 5.69 Å². The minimum absolute atomic E-state index is 0.00464. The third kappa shape index (κ3) is 6.13. The van der Waals surface area contributed by atoms with E-state index in [-0.39, 0.29) is 5.91 Å². The molecule has 2 heterocycles. The van der Waals surface area contributed by atoms with Crippen molar-refractivity contribution in [3.63, 3.8) is 0 Å². The van der Waals surface area contributed by atoms with E-state index < -0.39 is 17.5 Å². The zero-order valence-corrected chi connectivity index (χ0v) is 19.6. The van der Waals surface area contributed by atoms with Gasteiger partial charge in [-0.05, 0) is 18.6 Å². The Hall–Kier alpha value is -3.53. The van der Waals surface area contributed by atoms with Gasteiger partial charge in [0, 0.05) is 50.5 Å². The number of benzene rings is 2. The number of carboxylic acid groups (broad SMARTS) is 2. The third-order valence-corrected chi connectivity index (χ3v) is 5.77. The SMILES string of the molecule is CCOC1(c2ccccc2)C(=O)N(CCN2CCOCC2)c2ccccc21.O=C(O)/C=C/C(=O)O. The van der Waals surface area contributed by atoms with Crippen LogP contribution >= 0.6 is 0 Å². The predicted octanol–water partition coefficient (Wildman–Crippen LogP) is 2.36. The number of carbonyl (C=O) groups is 3. The van der Waals surface area contributed by atoms with Gasteiger partial charge in [0.15, 0.2) is 5.60 Å². The Bertz CT molecular complexity index is 1030. The summed E-state index contributed by atoms with van der Waals surface area (Å²) in [4.78, 5) is 37.1. The summed E-state index contributed by atoms with van der Waals surface area (Å²) in [6.07, 6.45) is 1.12. The molecule has 0 aliphatic carbocycles. The highest BCUT2D eigenvalue weighted by Crippen LogP contribution is 2.46. The number of anilines is 1. The van der Waals surface area contributed by atoms with E-state index in [1.807, 2.05) is 66.4 Å². The van der Waals surface area contributed by atoms with Crippen molar-refractivity contribution in [3.05, 3.63) is 77.9 Å². The maximum atomic E-state index is 13.7. The van der Waals surface area contributed by atoms with Crippen molar-refractivity contribution in [1.29, 1.82) is 0 Å². The summed E-state index contributed by atoms with van der Waals surface area (Å²) < 4.78 is 11.6. The number of ether oxygens (including phenoxy) is 2. The van der Waals surface area contributed by atoms with Gasteiger partial charge in [0.05, 0.1) is 18.9 Å². The number of carboxylic acids is 2. The fraction of sp³-hybridized carbons (Fsp3) is 0.346. The zero-order valence-electron chi connectivity index (χ0n) is 19.6. The molecule has 9 nitrogen and oxygen atoms in total. The molecule has 2 aromatic carbocycles. The van der Waals surface area contributed by atoms with Crippen LogP contribution < -0.4 is 4.90 Å². The van der Waals surface area contributed by atoms with Crippen LogP contribution in [0.3, 0.4) is 0 Å². The Morgan fingerprint density at radius 2 is 1.57 bits per heavy atom. The molecule has 0 bridgehead atoms. The number of rotatable bonds is 8. The maximum absolute atomic E-state index is 13.7. The van der Waals surface area contributed by atoms with Crippen molar-refractivity contribution >= 4 is 23.5 Å². The first-order chi connectivity index (χ1) is 16.9. The summed E-state index contributed by atoms with van der Waals surface area (Å²) in [6, 6.07) is 17.9. The molecule has 2 aliphatic rings. The summed E-state index contributed by atoms with van der Waals surface area (Å²) in [5.41, 5.74) is 1.72. The van der Waals surface area contributed by atoms with E-state index in [1.165, 1.54) is 0 Å². The van der Waals surface area contributed by atoms with Gasteiger partial charge in [-0.2, -0.15) is 0 Å². The number of carbonyl (C=O) groups excluding carboxylic acids is 1. The highest BCUT2D eigenvalue weighted by molar-refractivity contribution is 6.09. The van der Waals surface area contributed by atoms with Crippen LogP contribution in [0.2, 0.25) is 0 Å². The molecule has 1 atom stereocenters. The van der Waals surface area contributed by atoms with E-state index in [0.29, 0.717) is 25.3 Å². The van der Waals surface area contributed by atoms with Crippen molar-refractivity contribution in [2.24, 2.45) is 0 Å². The molecule has 0 radical (unpaired) electrons. The number of fused-ring (bicyclic) bond motifs is 1. The molecular weight excluding hydrogens is 452 g/mol. The second-order valence-corrected chi connectivity index (χ2v) is 7.92. The van der Waals surface area contributed by atoms with Crippen LogP contribution in [0.5, 0.6) is 0 Å². The quantitative estimate of drug-likeness (QED) is 0.551. The van der Waals surface area contributed by atoms with Crippen molar-refractivity contribution in [2.45, 2.75) is 12.5 Å². The van der Waals surface area contributed by atoms with E-state index in [2.05, 4.69) is 4.90 Å². The number of amides is 1. The Labute approximate surface area is 204 Å². The minimum Gasteiger partial charge on any atom is -0.478 e. The smallest absolute Gasteiger partial charge is 0.328 e. The second-order valence-electron chi connectivity index (χ2n) is 7.92. The van der Waals surface area contributed by atoms with Crippen LogP contribution in [0.15, 0.2) is 66.7 Å². The summed E-state index contributed by atoms with van der Waals surface area (Å²) in [6.45, 7) is 7.24. The first kappa shape index (κ1) is 26.1. The standard InChI is InChI=1S/C22H26N2O3.C4H4O4/c1-2-27-22(18-8-4-3-5-9-18)19-10-6-7-11-20(19)24(21(22)25)13-12-23-14-16-26-17-15-23;5-3(6)1-2-4(7)8/h3-11H,2,12-17H2,1H3;1-2H,(H,5,6)(H,7,8)/b;2-1+. The average Bonchev–Trinajstić information content (AvgIpc) is 3.11. The molecule has 1 fully saturated rings. The fourth-order valence-electron chi connectivity index (χ4n) is 4.24. The normalized spacial score (nSPS) is 19.8. The van der Waals surface area contributed by atoms with Crippen LogP contribution in [-0.2, 0) is 29.5 Å². The molecule has 1 amide bonds. The number of aliphatic carboxylic acids is 2. The molecule has 4 rings (SSSR count). The monoisotopic (exact) mass is 482 g/mol. The van der Waals surface area contributed by atoms with Crippen molar-refractivity contribution < 1.29 is 34.1 Å². The van der Waals surface area contributed by atoms with Crippen molar-refractivity contribution in [1.82, 2.24) is 4.90 Å². The van der Waals surface area contributed by atoms with E-state index in [9.17, 15) is 14.4 Å². The highest BCUT2D eigenvalue weighted by Gasteiger charge is 2.53. The minimum atomic E-state index is -1.26. The Kier molecular flexibility index (Phi) is 9.13. The molecule has 2 N–H and O–H groups in total. The molecule has 1 saturated heterocycles. The second kappa shape index (κ2) is 12.3. The third-order valence-electron chi connectivity index (χ3n) is 5.77. The number of morpholine rings is 1. The lowest BCUT2D eigenvalue weighted by Gasteiger charge is -2.31. The van der Waals surface area contributed by atoms with Gasteiger partial charge in [-0.25, -0.2) is 9.59 Å². The van der Waals surface area contributed by atoms with Crippen molar-refractivity contribution in [2.75, 3.05) is 50.9 Å². The Morgan fingerprint density at radius 1 is 0.971 bits per heavy atom. The summed E-state index contributed by atoms with van der Waals surface area (Å²) in [7, 11) is 0. The summed E-state index contributed by atoms with van der Waals surface area (Å²) >= 11 is 0. The molecular formula is C26H30N2O7. The van der Waals surface area contributed by atoms with Crippen LogP contribution in [-0.4, -0.2) is 79.0 Å². The summed E-state index contributed by atoms with van der Waals surface area (Å²) in [5.74, 6) is -2.51. The number of nitrogens with zero attached hydrogens (tertiary/aromatic N) is 2. The van der Waals surface area contributed by atoms with Crippen LogP contribution in [0, 0.1) is 0 Å². The van der Waals surface area contributed by atoms with Gasteiger partial charge in [0.25, 0.3) is 5.91 Å². The van der Waals surface area contributed by atoms with Gasteiger partial charge in [0.1, 0.15) is 0 Å². The zero-order chi connectivity index (χ0) is 25.3. The molecule has 9 heteroatoms. The van der Waals surface area contributed by atoms with Gasteiger partial charge in [-0.15, -0.1) is 0 Å². The molecule has 35 heavy (non-hydrogen) atoms. The number of hydrogen-bond acceptors (Lipinski definition) is 6. The lowest BCUT2D eigenvalue weighted by Crippen LogP contribution is -2.47. The largest absolute Gasteiger partial charge is 0.478 e. The topological polar surface area (TPSA) is 117 Å². The Morgan fingerprint density at radius 3 is 2.17 bits per heavy atom. The van der Waals surface area contributed by atoms with E-state index in [1.54, 1.807) is 0 Å². The number of hydrogen-bond donors (Lipinski definition) is 2. The molecule has 2 aliphatic heterocycles. The van der Waals surface area contributed by atoms with Gasteiger partial charge in [-0.1, -0.05) is 48.5 Å². The van der Waals surface area contributed by atoms with Crippen LogP contribution in [0.25, 0.3) is 0 Å². The first-order valence-electron chi connectivity index (χ1n) is 11.4. The first-order valence-corrected chi connectivity index (χ1v) is 11.4. The molecule has 0 spiro atoms. The van der Waals surface area contributed by atoms with Gasteiger partial charge >= 0.3 is 11.9 Å². The van der Waals surface area contributed by atoms with Gasteiger partial charge in [0.2, 0.25) is 0 Å². The number of para-hydroxylation sites is 1. The maximum Gasteiger partial charge on any atom is 0.328 e. The molecule has 186 valence electrons. The lowest BCUT2D eigenvalue weighted by molar-refractivity contribution is -0.137. The molecule has 0 saturated carbocycles. The molecule has 2 aromatic rings. The lowest BCUT2D eigenvalue weighted by atomic mass is 9.87. The van der Waals surface area contributed by atoms with Crippen molar-refractivity contribution in [3.8, 4) is 0 Å². The van der Waals surface area contributed by atoms with E-state index in [4.69, 9.17) is 19.7 Å². The molecule has 1 unspecified atom stereocenters. The van der Waals surface area contributed by atoms with Gasteiger partial charge < -0.3 is 24.6 Å². The fourth-order valence-corrected chi connectivity index (χ4v) is 4.24.